The second-order valence-corrected chi connectivity index (χ2v) is 7.27. The number of para-hydroxylation sites is 2. The lowest BCUT2D eigenvalue weighted by Crippen LogP contribution is -2.44. The predicted molar refractivity (Wildman–Crippen MR) is 110 cm³/mol. The average molecular weight is 443 g/mol. The molecule has 1 atom stereocenters. The molecule has 0 radical (unpaired) electrons. The highest BCUT2D eigenvalue weighted by Gasteiger charge is 2.34. The zero-order valence-corrected chi connectivity index (χ0v) is 17.0. The second kappa shape index (κ2) is 9.25. The van der Waals surface area contributed by atoms with Crippen molar-refractivity contribution in [1.29, 1.82) is 0 Å². The number of aromatic nitrogens is 2. The van der Waals surface area contributed by atoms with Crippen LogP contribution in [-0.2, 0) is 6.18 Å². The van der Waals surface area contributed by atoms with Gasteiger partial charge >= 0.3 is 12.2 Å². The summed E-state index contributed by atoms with van der Waals surface area (Å²) in [6, 6.07) is 16.5. The van der Waals surface area contributed by atoms with E-state index >= 15 is 0 Å². The molecule has 1 unspecified atom stereocenters. The van der Waals surface area contributed by atoms with Crippen LogP contribution in [0.1, 0.15) is 28.9 Å². The van der Waals surface area contributed by atoms with Crippen molar-refractivity contribution in [3.63, 3.8) is 0 Å². The number of nitrogens with zero attached hydrogens (tertiary/aromatic N) is 3. The van der Waals surface area contributed by atoms with Crippen LogP contribution >= 0.6 is 0 Å². The number of rotatable bonds is 5. The highest BCUT2D eigenvalue weighted by Crippen LogP contribution is 2.29. The Kier molecular flexibility index (Phi) is 6.25. The van der Waals surface area contributed by atoms with Crippen LogP contribution in [0.2, 0.25) is 0 Å². The van der Waals surface area contributed by atoms with Crippen molar-refractivity contribution in [2.24, 2.45) is 0 Å². The molecule has 1 aromatic heterocycles. The Morgan fingerprint density at radius 1 is 1.03 bits per heavy atom. The Hall–Kier alpha value is -3.62. The molecule has 1 saturated heterocycles. The molecular weight excluding hydrogens is 423 g/mol. The van der Waals surface area contributed by atoms with Gasteiger partial charge in [0, 0.05) is 12.7 Å². The molecule has 0 aliphatic carbocycles. The molecule has 0 saturated carbocycles. The summed E-state index contributed by atoms with van der Waals surface area (Å²) >= 11 is 0. The Labute approximate surface area is 182 Å². The fourth-order valence-corrected chi connectivity index (χ4v) is 3.44. The average Bonchev–Trinajstić information content (AvgIpc) is 2.79. The number of likely N-dealkylation sites (tertiary alicyclic amines) is 1. The third kappa shape index (κ3) is 5.16. The monoisotopic (exact) mass is 443 g/mol. The number of amides is 1. The van der Waals surface area contributed by atoms with Crippen LogP contribution < -0.4 is 9.47 Å². The fraction of sp³-hybridized carbons (Fsp3) is 0.261. The van der Waals surface area contributed by atoms with Crippen molar-refractivity contribution in [2.45, 2.75) is 25.1 Å². The van der Waals surface area contributed by atoms with Crippen LogP contribution in [0, 0.1) is 0 Å². The molecule has 0 N–H and O–H groups in total. The van der Waals surface area contributed by atoms with Crippen molar-refractivity contribution in [3.8, 4) is 17.5 Å². The molecule has 3 aromatic rings. The number of ether oxygens (including phenoxy) is 2. The third-order valence-electron chi connectivity index (χ3n) is 4.95. The number of carbonyl (C=O) groups excluding carboxylic acids is 1. The van der Waals surface area contributed by atoms with Crippen LogP contribution in [0.25, 0.3) is 0 Å². The van der Waals surface area contributed by atoms with Crippen molar-refractivity contribution >= 4 is 5.91 Å². The number of benzene rings is 2. The van der Waals surface area contributed by atoms with E-state index in [-0.39, 0.29) is 18.5 Å². The van der Waals surface area contributed by atoms with Gasteiger partial charge in [0.05, 0.1) is 12.1 Å². The zero-order chi connectivity index (χ0) is 22.6. The van der Waals surface area contributed by atoms with Gasteiger partial charge in [-0.15, -0.1) is 0 Å². The minimum Gasteiger partial charge on any atom is -0.458 e. The van der Waals surface area contributed by atoms with E-state index in [0.29, 0.717) is 36.4 Å². The van der Waals surface area contributed by atoms with E-state index in [2.05, 4.69) is 9.97 Å². The molecule has 1 fully saturated rings. The van der Waals surface area contributed by atoms with Gasteiger partial charge in [-0.05, 0) is 43.2 Å². The first-order valence-electron chi connectivity index (χ1n) is 10.1. The number of hydrogen-bond donors (Lipinski definition) is 0. The Morgan fingerprint density at radius 3 is 2.56 bits per heavy atom. The summed E-state index contributed by atoms with van der Waals surface area (Å²) in [4.78, 5) is 22.0. The van der Waals surface area contributed by atoms with Crippen molar-refractivity contribution < 1.29 is 27.4 Å². The topological polar surface area (TPSA) is 64.5 Å². The number of hydrogen-bond acceptors (Lipinski definition) is 5. The van der Waals surface area contributed by atoms with Crippen LogP contribution in [-0.4, -0.2) is 40.0 Å². The van der Waals surface area contributed by atoms with Crippen LogP contribution in [0.5, 0.6) is 17.5 Å². The maximum absolute atomic E-state index is 13.2. The van der Waals surface area contributed by atoms with E-state index in [9.17, 15) is 18.0 Å². The van der Waals surface area contributed by atoms with Crippen molar-refractivity contribution in [1.82, 2.24) is 14.9 Å². The molecule has 9 heteroatoms. The summed E-state index contributed by atoms with van der Waals surface area (Å²) in [7, 11) is 0. The predicted octanol–water partition coefficient (Wildman–Crippen LogP) is 4.97. The van der Waals surface area contributed by atoms with Gasteiger partial charge in [-0.1, -0.05) is 30.3 Å². The van der Waals surface area contributed by atoms with E-state index in [1.54, 1.807) is 41.3 Å². The van der Waals surface area contributed by atoms with Gasteiger partial charge in [0.15, 0.2) is 5.69 Å². The van der Waals surface area contributed by atoms with E-state index in [4.69, 9.17) is 9.47 Å². The third-order valence-corrected chi connectivity index (χ3v) is 4.95. The molecule has 1 aliphatic rings. The molecule has 0 bridgehead atoms. The second-order valence-electron chi connectivity index (χ2n) is 7.27. The number of alkyl halides is 3. The van der Waals surface area contributed by atoms with Gasteiger partial charge in [-0.25, -0.2) is 4.98 Å². The summed E-state index contributed by atoms with van der Waals surface area (Å²) in [5.41, 5.74) is -0.675. The van der Waals surface area contributed by atoms with E-state index in [0.717, 1.165) is 12.3 Å². The molecule has 2 aromatic carbocycles. The minimum atomic E-state index is -4.59. The van der Waals surface area contributed by atoms with Crippen LogP contribution in [0.4, 0.5) is 13.2 Å². The van der Waals surface area contributed by atoms with Gasteiger partial charge in [-0.2, -0.15) is 18.2 Å². The van der Waals surface area contributed by atoms with E-state index < -0.39 is 18.0 Å². The van der Waals surface area contributed by atoms with Gasteiger partial charge in [0.2, 0.25) is 0 Å². The Morgan fingerprint density at radius 2 is 1.78 bits per heavy atom. The number of halogens is 3. The highest BCUT2D eigenvalue weighted by atomic mass is 19.4. The lowest BCUT2D eigenvalue weighted by molar-refractivity contribution is -0.141. The van der Waals surface area contributed by atoms with Crippen LogP contribution in [0.15, 0.2) is 66.9 Å². The van der Waals surface area contributed by atoms with Crippen molar-refractivity contribution in [3.05, 3.63) is 78.1 Å². The van der Waals surface area contributed by atoms with Crippen LogP contribution in [0.3, 0.4) is 0 Å². The summed E-state index contributed by atoms with van der Waals surface area (Å²) in [5.74, 6) is 0.789. The molecule has 32 heavy (non-hydrogen) atoms. The maximum Gasteiger partial charge on any atom is 0.433 e. The molecule has 2 heterocycles. The zero-order valence-electron chi connectivity index (χ0n) is 17.0. The molecule has 4 rings (SSSR count). The first-order chi connectivity index (χ1) is 15.4. The van der Waals surface area contributed by atoms with E-state index in [1.165, 1.54) is 0 Å². The largest absolute Gasteiger partial charge is 0.458 e. The van der Waals surface area contributed by atoms with E-state index in [1.807, 2.05) is 18.2 Å². The number of carbonyl (C=O) groups is 1. The SMILES string of the molecule is O=C(c1ccccc1Oc1ccccc1)N1CCCC(Oc2nccc(C(F)(F)F)n2)C1. The van der Waals surface area contributed by atoms with Gasteiger partial charge < -0.3 is 14.4 Å². The molecule has 6 nitrogen and oxygen atoms in total. The molecule has 1 amide bonds. The summed E-state index contributed by atoms with van der Waals surface area (Å²) in [5, 5.41) is 0. The number of piperidine rings is 1. The van der Waals surface area contributed by atoms with Gasteiger partial charge in [0.1, 0.15) is 17.6 Å². The normalized spacial score (nSPS) is 16.5. The maximum atomic E-state index is 13.2. The summed E-state index contributed by atoms with van der Waals surface area (Å²) in [6.07, 6.45) is -2.88. The Bertz CT molecular complexity index is 1080. The first kappa shape index (κ1) is 21.6. The summed E-state index contributed by atoms with van der Waals surface area (Å²) < 4.78 is 50.1. The van der Waals surface area contributed by atoms with Gasteiger partial charge in [0.25, 0.3) is 5.91 Å². The highest BCUT2D eigenvalue weighted by molar-refractivity contribution is 5.97. The first-order valence-corrected chi connectivity index (χ1v) is 10.1. The summed E-state index contributed by atoms with van der Waals surface area (Å²) in [6.45, 7) is 0.708. The quantitative estimate of drug-likeness (QED) is 0.557. The van der Waals surface area contributed by atoms with Gasteiger partial charge in [-0.3, -0.25) is 4.79 Å². The lowest BCUT2D eigenvalue weighted by atomic mass is 10.1. The molecule has 0 spiro atoms. The molecule has 1 aliphatic heterocycles. The minimum absolute atomic E-state index is 0.206. The Balaban J connectivity index is 1.47. The smallest absolute Gasteiger partial charge is 0.433 e. The fourth-order valence-electron chi connectivity index (χ4n) is 3.44. The molecule has 166 valence electrons. The standard InChI is InChI=1S/C23H20F3N3O3/c24-23(25,26)20-12-13-27-22(28-20)32-17-9-6-14-29(15-17)21(30)18-10-4-5-11-19(18)31-16-7-2-1-3-8-16/h1-5,7-8,10-13,17H,6,9,14-15H2. The van der Waals surface area contributed by atoms with Crippen molar-refractivity contribution in [2.75, 3.05) is 13.1 Å². The lowest BCUT2D eigenvalue weighted by Gasteiger charge is -2.32. The molecular formula is C23H20F3N3O3.